The maximum atomic E-state index is 13.5. The van der Waals surface area contributed by atoms with Crippen molar-refractivity contribution in [3.63, 3.8) is 0 Å². The Balaban J connectivity index is 1.79. The van der Waals surface area contributed by atoms with Crippen molar-refractivity contribution in [3.05, 3.63) is 99.2 Å². The van der Waals surface area contributed by atoms with Gasteiger partial charge < -0.3 is 10.3 Å². The lowest BCUT2D eigenvalue weighted by Crippen LogP contribution is -2.33. The number of rotatable bonds is 7. The molecule has 0 atom stereocenters. The molecule has 0 aliphatic rings. The Hall–Kier alpha value is -4.70. The minimum absolute atomic E-state index is 0.0186. The molecule has 0 radical (unpaired) electrons. The number of pyridine rings is 1. The number of benzene rings is 2. The number of sulfone groups is 1. The van der Waals surface area contributed by atoms with E-state index in [1.165, 1.54) is 49.5 Å². The van der Waals surface area contributed by atoms with E-state index < -0.39 is 33.0 Å². The van der Waals surface area contributed by atoms with Crippen LogP contribution in [0.4, 0.5) is 13.2 Å². The number of hydrogen-bond donors (Lipinski definition) is 2. The molecule has 9 nitrogen and oxygen atoms in total. The molecule has 0 aliphatic carbocycles. The predicted molar refractivity (Wildman–Crippen MR) is 139 cm³/mol. The maximum Gasteiger partial charge on any atom is 0.416 e. The van der Waals surface area contributed by atoms with Gasteiger partial charge in [-0.1, -0.05) is 18.2 Å². The lowest BCUT2D eigenvalue weighted by molar-refractivity contribution is -0.137. The molecule has 0 fully saturated rings. The first-order valence-corrected chi connectivity index (χ1v) is 13.6. The average Bonchev–Trinajstić information content (AvgIpc) is 3.35. The minimum Gasteiger partial charge on any atom is -0.348 e. The normalized spacial score (nSPS) is 11.7. The van der Waals surface area contributed by atoms with E-state index in [1.54, 1.807) is 0 Å². The molecule has 0 bridgehead atoms. The molecule has 2 aromatic carbocycles. The summed E-state index contributed by atoms with van der Waals surface area (Å²) < 4.78 is 64.7. The molecule has 206 valence electrons. The van der Waals surface area contributed by atoms with Gasteiger partial charge in [-0.3, -0.25) is 14.2 Å². The molecular weight excluding hydrogens is 547 g/mol. The van der Waals surface area contributed by atoms with Gasteiger partial charge in [-0.2, -0.15) is 18.4 Å². The summed E-state index contributed by atoms with van der Waals surface area (Å²) >= 11 is 0. The number of carbonyl (C=O) groups is 1. The molecule has 0 saturated heterocycles. The monoisotopic (exact) mass is 569 g/mol. The molecule has 0 saturated carbocycles. The second-order valence-corrected chi connectivity index (χ2v) is 11.0. The zero-order valence-corrected chi connectivity index (χ0v) is 22.0. The van der Waals surface area contributed by atoms with Crippen LogP contribution in [0.25, 0.3) is 17.1 Å². The van der Waals surface area contributed by atoms with Crippen LogP contribution in [-0.2, 0) is 29.0 Å². The highest BCUT2D eigenvalue weighted by Gasteiger charge is 2.31. The Morgan fingerprint density at radius 2 is 1.85 bits per heavy atom. The Bertz CT molecular complexity index is 1800. The van der Waals surface area contributed by atoms with Gasteiger partial charge in [0.05, 0.1) is 22.9 Å². The fraction of sp³-hybridized carbons (Fsp3) is 0.185. The van der Waals surface area contributed by atoms with E-state index in [1.807, 2.05) is 6.07 Å². The van der Waals surface area contributed by atoms with E-state index in [0.29, 0.717) is 11.3 Å². The molecular formula is C27H22F3N5O4S. The summed E-state index contributed by atoms with van der Waals surface area (Å²) in [6, 6.07) is 13.2. The first-order valence-electron chi connectivity index (χ1n) is 11.7. The summed E-state index contributed by atoms with van der Waals surface area (Å²) in [6.07, 6.45) is -2.16. The number of amides is 1. The molecule has 2 N–H and O–H groups in total. The smallest absolute Gasteiger partial charge is 0.348 e. The second-order valence-electron chi connectivity index (χ2n) is 8.94. The number of aromatic nitrogens is 3. The number of aromatic amines is 1. The van der Waals surface area contributed by atoms with Crippen LogP contribution in [0.1, 0.15) is 32.9 Å². The van der Waals surface area contributed by atoms with Crippen LogP contribution in [0, 0.1) is 18.3 Å². The first kappa shape index (κ1) is 28.3. The van der Waals surface area contributed by atoms with Gasteiger partial charge >= 0.3 is 6.18 Å². The molecule has 0 aliphatic heterocycles. The van der Waals surface area contributed by atoms with Gasteiger partial charge in [0.15, 0.2) is 9.84 Å². The van der Waals surface area contributed by atoms with Crippen LogP contribution in [-0.4, -0.2) is 35.1 Å². The van der Waals surface area contributed by atoms with Crippen LogP contribution in [0.15, 0.2) is 70.5 Å². The summed E-state index contributed by atoms with van der Waals surface area (Å²) in [5.74, 6) is -0.586. The molecule has 2 aromatic heterocycles. The molecule has 0 spiro atoms. The highest BCUT2D eigenvalue weighted by Crippen LogP contribution is 2.31. The van der Waals surface area contributed by atoms with Crippen LogP contribution in [0.5, 0.6) is 0 Å². The maximum absolute atomic E-state index is 13.5. The highest BCUT2D eigenvalue weighted by atomic mass is 32.2. The van der Waals surface area contributed by atoms with Crippen molar-refractivity contribution in [1.82, 2.24) is 19.9 Å². The van der Waals surface area contributed by atoms with Crippen molar-refractivity contribution < 1.29 is 26.4 Å². The van der Waals surface area contributed by atoms with Crippen molar-refractivity contribution >= 4 is 15.7 Å². The van der Waals surface area contributed by atoms with E-state index in [9.17, 15) is 31.2 Å². The van der Waals surface area contributed by atoms with E-state index in [2.05, 4.69) is 15.3 Å². The topological polar surface area (TPSA) is 138 Å². The van der Waals surface area contributed by atoms with Crippen molar-refractivity contribution in [1.29, 1.82) is 5.26 Å². The van der Waals surface area contributed by atoms with Gasteiger partial charge in [-0.15, -0.1) is 0 Å². The fourth-order valence-electron chi connectivity index (χ4n) is 4.04. The molecule has 0 unspecified atom stereocenters. The van der Waals surface area contributed by atoms with E-state index in [4.69, 9.17) is 5.26 Å². The third-order valence-electron chi connectivity index (χ3n) is 6.08. The average molecular weight is 570 g/mol. The number of alkyl halides is 3. The summed E-state index contributed by atoms with van der Waals surface area (Å²) in [5.41, 5.74) is -0.777. The van der Waals surface area contributed by atoms with Gasteiger partial charge in [0.1, 0.15) is 11.4 Å². The molecule has 13 heteroatoms. The van der Waals surface area contributed by atoms with Gasteiger partial charge in [-0.25, -0.2) is 13.4 Å². The third kappa shape index (κ3) is 5.97. The Labute approximate surface area is 226 Å². The zero-order valence-electron chi connectivity index (χ0n) is 21.2. The Morgan fingerprint density at radius 3 is 2.48 bits per heavy atom. The van der Waals surface area contributed by atoms with E-state index >= 15 is 0 Å². The van der Waals surface area contributed by atoms with Crippen LogP contribution in [0.3, 0.4) is 0 Å². The van der Waals surface area contributed by atoms with Crippen molar-refractivity contribution in [2.45, 2.75) is 31.0 Å². The van der Waals surface area contributed by atoms with Crippen molar-refractivity contribution in [3.8, 4) is 23.1 Å². The summed E-state index contributed by atoms with van der Waals surface area (Å²) in [6.45, 7) is 1.46. The molecule has 40 heavy (non-hydrogen) atoms. The molecule has 4 aromatic rings. The summed E-state index contributed by atoms with van der Waals surface area (Å²) in [4.78, 5) is 34.0. The number of nitrogens with one attached hydrogen (secondary N) is 2. The second kappa shape index (κ2) is 10.8. The number of hydrogen-bond acceptors (Lipinski definition) is 6. The highest BCUT2D eigenvalue weighted by molar-refractivity contribution is 7.90. The van der Waals surface area contributed by atoms with Crippen LogP contribution >= 0.6 is 0 Å². The SMILES string of the molecule is Cc1c(-c2ncc(CC#N)[nH]2)cc(C(=O)NCc2ccc(S(C)(=O)=O)cc2)c(=O)n1-c1cccc(C(F)(F)F)c1. The lowest BCUT2D eigenvalue weighted by atomic mass is 10.1. The standard InChI is InChI=1S/C27H22F3N5O4S/c1-16-22(24-32-15-19(34-24)10-11-31)13-23(25(36)33-14-17-6-8-21(9-7-17)40(2,38)39)26(37)35(16)20-5-3-4-18(12-20)27(28,29)30/h3-9,12-13,15H,10,14H2,1-2H3,(H,32,34)(H,33,36). The van der Waals surface area contributed by atoms with Crippen LogP contribution in [0.2, 0.25) is 0 Å². The number of nitrogens with zero attached hydrogens (tertiary/aromatic N) is 3. The predicted octanol–water partition coefficient (Wildman–Crippen LogP) is 3.95. The number of nitriles is 1. The first-order chi connectivity index (χ1) is 18.8. The molecule has 2 heterocycles. The van der Waals surface area contributed by atoms with Gasteiger partial charge in [-0.05, 0) is 48.9 Å². The van der Waals surface area contributed by atoms with Gasteiger partial charge in [0, 0.05) is 41.6 Å². The van der Waals surface area contributed by atoms with E-state index in [0.717, 1.165) is 29.0 Å². The summed E-state index contributed by atoms with van der Waals surface area (Å²) in [7, 11) is -3.41. The number of carbonyl (C=O) groups excluding carboxylic acids is 1. The third-order valence-corrected chi connectivity index (χ3v) is 7.21. The number of imidazole rings is 1. The number of halogens is 3. The Morgan fingerprint density at radius 1 is 1.15 bits per heavy atom. The van der Waals surface area contributed by atoms with E-state index in [-0.39, 0.29) is 46.2 Å². The lowest BCUT2D eigenvalue weighted by Gasteiger charge is -2.17. The zero-order chi connectivity index (χ0) is 29.2. The molecule has 4 rings (SSSR count). The van der Waals surface area contributed by atoms with Crippen molar-refractivity contribution in [2.24, 2.45) is 0 Å². The van der Waals surface area contributed by atoms with Gasteiger partial charge in [0.25, 0.3) is 11.5 Å². The van der Waals surface area contributed by atoms with Gasteiger partial charge in [0.2, 0.25) is 0 Å². The number of H-pyrrole nitrogens is 1. The van der Waals surface area contributed by atoms with Crippen molar-refractivity contribution in [2.75, 3.05) is 6.26 Å². The quantitative estimate of drug-likeness (QED) is 0.346. The summed E-state index contributed by atoms with van der Waals surface area (Å²) in [5, 5.41) is 11.6. The fourth-order valence-corrected chi connectivity index (χ4v) is 4.67. The molecule has 1 amide bonds. The minimum atomic E-state index is -4.66. The largest absolute Gasteiger partial charge is 0.416 e. The Kier molecular flexibility index (Phi) is 7.66. The van der Waals surface area contributed by atoms with Crippen LogP contribution < -0.4 is 10.9 Å².